The lowest BCUT2D eigenvalue weighted by Gasteiger charge is -2.44. The average Bonchev–Trinajstić information content (AvgIpc) is 3.28. The lowest BCUT2D eigenvalue weighted by atomic mass is 9.79. The van der Waals surface area contributed by atoms with Crippen molar-refractivity contribution >= 4 is 17.5 Å². The number of carbonyl (C=O) groups excluding carboxylic acids is 2. The van der Waals surface area contributed by atoms with Crippen LogP contribution in [0.1, 0.15) is 40.0 Å². The van der Waals surface area contributed by atoms with Crippen LogP contribution in [0.5, 0.6) is 0 Å². The van der Waals surface area contributed by atoms with Crippen molar-refractivity contribution in [3.8, 4) is 0 Å². The first-order valence-electron chi connectivity index (χ1n) is 14.6. The summed E-state index contributed by atoms with van der Waals surface area (Å²) in [5, 5.41) is 11.8. The van der Waals surface area contributed by atoms with Gasteiger partial charge in [0.15, 0.2) is 5.76 Å². The average molecular weight is 560 g/mol. The van der Waals surface area contributed by atoms with Crippen molar-refractivity contribution in [1.82, 2.24) is 10.2 Å². The van der Waals surface area contributed by atoms with Crippen molar-refractivity contribution in [1.29, 1.82) is 0 Å². The molecule has 2 N–H and O–H groups in total. The molecule has 3 heterocycles. The van der Waals surface area contributed by atoms with Gasteiger partial charge in [0.1, 0.15) is 5.54 Å². The number of nitrogens with one attached hydrogen (secondary N) is 1. The van der Waals surface area contributed by atoms with E-state index in [1.165, 1.54) is 0 Å². The highest BCUT2D eigenvalue weighted by Crippen LogP contribution is 2.39. The molecule has 10 heteroatoms. The number of likely N-dealkylation sites (tertiary alicyclic amines) is 1. The Morgan fingerprint density at radius 3 is 2.48 bits per heavy atom. The predicted molar refractivity (Wildman–Crippen MR) is 150 cm³/mol. The third-order valence-corrected chi connectivity index (χ3v) is 8.23. The molecule has 2 fully saturated rings. The number of carbonyl (C=O) groups is 2. The highest BCUT2D eigenvalue weighted by Gasteiger charge is 2.51. The number of piperidine rings is 1. The summed E-state index contributed by atoms with van der Waals surface area (Å²) in [5.74, 6) is 0.616. The van der Waals surface area contributed by atoms with Crippen LogP contribution in [0.25, 0.3) is 0 Å². The number of hydrogen-bond acceptors (Lipinski definition) is 8. The normalized spacial score (nSPS) is 24.3. The summed E-state index contributed by atoms with van der Waals surface area (Å²) in [6, 6.07) is 9.96. The van der Waals surface area contributed by atoms with Crippen molar-refractivity contribution in [2.24, 2.45) is 17.8 Å². The third-order valence-electron chi connectivity index (χ3n) is 8.23. The zero-order valence-corrected chi connectivity index (χ0v) is 24.0. The molecule has 3 aliphatic heterocycles. The fourth-order valence-electron chi connectivity index (χ4n) is 6.06. The van der Waals surface area contributed by atoms with Gasteiger partial charge in [0, 0.05) is 37.9 Å². The molecule has 40 heavy (non-hydrogen) atoms. The fourth-order valence-corrected chi connectivity index (χ4v) is 6.06. The van der Waals surface area contributed by atoms with Gasteiger partial charge >= 0.3 is 0 Å². The van der Waals surface area contributed by atoms with Crippen LogP contribution in [-0.4, -0.2) is 93.0 Å². The van der Waals surface area contributed by atoms with Gasteiger partial charge in [-0.1, -0.05) is 32.0 Å². The topological polar surface area (TPSA) is 110 Å². The van der Waals surface area contributed by atoms with E-state index in [4.69, 9.17) is 24.1 Å². The quantitative estimate of drug-likeness (QED) is 0.355. The van der Waals surface area contributed by atoms with Gasteiger partial charge in [-0.25, -0.2) is 0 Å². The van der Waals surface area contributed by atoms with Crippen molar-refractivity contribution in [3.05, 3.63) is 42.2 Å². The van der Waals surface area contributed by atoms with E-state index in [0.717, 1.165) is 12.1 Å². The Morgan fingerprint density at radius 1 is 1.12 bits per heavy atom. The monoisotopic (exact) mass is 559 g/mol. The standard InChI is InChI=1S/C30H45N3O7/c1-4-39-28-24(10-16-37-18-19-38-17-15-34)25(22(2)3)20-26(40-28)27(35)32-13-11-30(12-14-32)29(36)31-21-33(30)23-8-6-5-7-9-23/h5-9,20,22,24-25,28,34H,4,10-19,21H2,1-3H3,(H,31,36). The molecule has 0 aromatic heterocycles. The Bertz CT molecular complexity index is 994. The number of benzene rings is 1. The Hall–Kier alpha value is -2.66. The highest BCUT2D eigenvalue weighted by molar-refractivity contribution is 5.95. The molecular weight excluding hydrogens is 514 g/mol. The van der Waals surface area contributed by atoms with E-state index < -0.39 is 11.8 Å². The van der Waals surface area contributed by atoms with Gasteiger partial charge in [0.25, 0.3) is 5.91 Å². The number of amides is 2. The fraction of sp³-hybridized carbons (Fsp3) is 0.667. The lowest BCUT2D eigenvalue weighted by molar-refractivity contribution is -0.180. The number of aliphatic hydroxyl groups is 1. The van der Waals surface area contributed by atoms with Gasteiger partial charge < -0.3 is 39.2 Å². The molecule has 1 spiro atoms. The van der Waals surface area contributed by atoms with Crippen LogP contribution in [0.4, 0.5) is 5.69 Å². The number of hydrogen-bond donors (Lipinski definition) is 2. The van der Waals surface area contributed by atoms with E-state index in [9.17, 15) is 9.59 Å². The predicted octanol–water partition coefficient (Wildman–Crippen LogP) is 2.52. The molecule has 0 bridgehead atoms. The molecule has 222 valence electrons. The molecule has 1 aromatic rings. The van der Waals surface area contributed by atoms with E-state index in [0.29, 0.717) is 71.4 Å². The number of ether oxygens (including phenoxy) is 4. The van der Waals surface area contributed by atoms with Crippen LogP contribution in [0, 0.1) is 17.8 Å². The van der Waals surface area contributed by atoms with Gasteiger partial charge in [-0.2, -0.15) is 0 Å². The maximum Gasteiger partial charge on any atom is 0.288 e. The van der Waals surface area contributed by atoms with E-state index in [-0.39, 0.29) is 36.2 Å². The molecule has 3 aliphatic rings. The molecule has 2 amide bonds. The molecule has 0 saturated carbocycles. The second-order valence-electron chi connectivity index (χ2n) is 10.9. The Kier molecular flexibility index (Phi) is 10.8. The third kappa shape index (κ3) is 6.79. The SMILES string of the molecule is CCOC1OC(C(=O)N2CCC3(CC2)C(=O)NCN3c2ccccc2)=CC(C(C)C)C1CCOCCOCCO. The molecule has 4 rings (SSSR count). The first-order valence-corrected chi connectivity index (χ1v) is 14.6. The van der Waals surface area contributed by atoms with Gasteiger partial charge in [-0.15, -0.1) is 0 Å². The first-order chi connectivity index (χ1) is 19.4. The number of para-hydroxylation sites is 1. The van der Waals surface area contributed by atoms with Crippen molar-refractivity contribution < 1.29 is 33.6 Å². The largest absolute Gasteiger partial charge is 0.459 e. The summed E-state index contributed by atoms with van der Waals surface area (Å²) < 4.78 is 23.2. The summed E-state index contributed by atoms with van der Waals surface area (Å²) in [7, 11) is 0. The minimum Gasteiger partial charge on any atom is -0.459 e. The van der Waals surface area contributed by atoms with Crippen molar-refractivity contribution in [3.63, 3.8) is 0 Å². The van der Waals surface area contributed by atoms with Gasteiger partial charge in [0.2, 0.25) is 12.2 Å². The van der Waals surface area contributed by atoms with Crippen LogP contribution >= 0.6 is 0 Å². The molecule has 1 aromatic carbocycles. The zero-order chi connectivity index (χ0) is 28.5. The molecule has 0 radical (unpaired) electrons. The minimum absolute atomic E-state index is 0.00132. The summed E-state index contributed by atoms with van der Waals surface area (Å²) in [6.07, 6.45) is 3.26. The molecule has 10 nitrogen and oxygen atoms in total. The van der Waals surface area contributed by atoms with E-state index in [1.807, 2.05) is 48.2 Å². The number of anilines is 1. The Labute approximate surface area is 237 Å². The van der Waals surface area contributed by atoms with Crippen LogP contribution in [0.15, 0.2) is 42.2 Å². The smallest absolute Gasteiger partial charge is 0.288 e. The summed E-state index contributed by atoms with van der Waals surface area (Å²) >= 11 is 0. The second kappa shape index (κ2) is 14.3. The van der Waals surface area contributed by atoms with E-state index in [2.05, 4.69) is 24.1 Å². The molecule has 0 aliphatic carbocycles. The van der Waals surface area contributed by atoms with Crippen molar-refractivity contribution in [2.75, 3.05) is 64.3 Å². The van der Waals surface area contributed by atoms with Crippen LogP contribution < -0.4 is 10.2 Å². The zero-order valence-electron chi connectivity index (χ0n) is 24.0. The highest BCUT2D eigenvalue weighted by atomic mass is 16.7. The summed E-state index contributed by atoms with van der Waals surface area (Å²) in [6.45, 7) is 9.82. The maximum atomic E-state index is 13.7. The van der Waals surface area contributed by atoms with Gasteiger partial charge in [-0.3, -0.25) is 9.59 Å². The number of aliphatic hydroxyl groups excluding tert-OH is 1. The van der Waals surface area contributed by atoms with Crippen LogP contribution in [-0.2, 0) is 28.5 Å². The first kappa shape index (κ1) is 30.3. The summed E-state index contributed by atoms with van der Waals surface area (Å²) in [4.78, 5) is 30.7. The second-order valence-corrected chi connectivity index (χ2v) is 10.9. The van der Waals surface area contributed by atoms with Crippen LogP contribution in [0.2, 0.25) is 0 Å². The lowest BCUT2D eigenvalue weighted by Crippen LogP contribution is -2.57. The van der Waals surface area contributed by atoms with Crippen molar-refractivity contribution in [2.45, 2.75) is 51.9 Å². The molecule has 2 saturated heterocycles. The number of allylic oxidation sites excluding steroid dienone is 1. The minimum atomic E-state index is -0.650. The summed E-state index contributed by atoms with van der Waals surface area (Å²) in [5.41, 5.74) is 0.355. The maximum absolute atomic E-state index is 13.7. The molecule has 3 atom stereocenters. The van der Waals surface area contributed by atoms with Crippen LogP contribution in [0.3, 0.4) is 0 Å². The number of rotatable bonds is 13. The van der Waals surface area contributed by atoms with E-state index in [1.54, 1.807) is 0 Å². The van der Waals surface area contributed by atoms with E-state index >= 15 is 0 Å². The Balaban J connectivity index is 1.40. The molecular formula is C30H45N3O7. The Morgan fingerprint density at radius 2 is 1.82 bits per heavy atom. The molecule has 3 unspecified atom stereocenters. The van der Waals surface area contributed by atoms with Gasteiger partial charge in [0.05, 0.1) is 33.1 Å². The number of nitrogens with zero attached hydrogens (tertiary/aromatic N) is 2. The van der Waals surface area contributed by atoms with Gasteiger partial charge in [-0.05, 0) is 56.2 Å².